The van der Waals surface area contributed by atoms with E-state index in [1.807, 2.05) is 31.2 Å². The van der Waals surface area contributed by atoms with Crippen LogP contribution in [-0.2, 0) is 24.2 Å². The molecule has 166 valence electrons. The number of amides is 1. The van der Waals surface area contributed by atoms with Gasteiger partial charge in [0.1, 0.15) is 4.83 Å². The Morgan fingerprint density at radius 1 is 1.38 bits per heavy atom. The SMILES string of the molecule is CCn1c(SCC(=O)Nc2ccccc2SCC#N)nc2sc3c(c2c1=O)CCC(C)C3. The van der Waals surface area contributed by atoms with Gasteiger partial charge in [0, 0.05) is 16.3 Å². The number of aryl methyl sites for hydroxylation is 1. The molecular weight excluding hydrogens is 460 g/mol. The quantitative estimate of drug-likeness (QED) is 0.377. The monoisotopic (exact) mass is 484 g/mol. The standard InChI is InChI=1S/C23H24N4O2S3/c1-3-27-22(29)20-15-9-8-14(2)12-18(15)32-21(20)26-23(27)31-13-19(28)25-16-6-4-5-7-17(16)30-11-10-24/h4-7,14H,3,8-9,11-13H2,1-2H3,(H,25,28). The lowest BCUT2D eigenvalue weighted by Crippen LogP contribution is -2.24. The zero-order chi connectivity index (χ0) is 22.7. The molecule has 0 bridgehead atoms. The van der Waals surface area contributed by atoms with Crippen molar-refractivity contribution in [3.8, 4) is 6.07 Å². The van der Waals surface area contributed by atoms with E-state index in [4.69, 9.17) is 10.2 Å². The molecule has 0 fully saturated rings. The number of thiophene rings is 1. The normalized spacial score (nSPS) is 15.3. The van der Waals surface area contributed by atoms with Crippen LogP contribution < -0.4 is 10.9 Å². The van der Waals surface area contributed by atoms with Gasteiger partial charge in [-0.1, -0.05) is 30.8 Å². The van der Waals surface area contributed by atoms with Crippen molar-refractivity contribution < 1.29 is 4.79 Å². The lowest BCUT2D eigenvalue weighted by molar-refractivity contribution is -0.113. The van der Waals surface area contributed by atoms with Gasteiger partial charge in [0.25, 0.3) is 5.56 Å². The summed E-state index contributed by atoms with van der Waals surface area (Å²) in [6.07, 6.45) is 3.06. The van der Waals surface area contributed by atoms with Crippen molar-refractivity contribution in [3.05, 3.63) is 45.1 Å². The second-order valence-electron chi connectivity index (χ2n) is 7.76. The number of para-hydroxylation sites is 1. The Kier molecular flexibility index (Phi) is 7.23. The number of thioether (sulfide) groups is 2. The van der Waals surface area contributed by atoms with Crippen molar-refractivity contribution in [2.45, 2.75) is 49.7 Å². The molecule has 9 heteroatoms. The zero-order valence-corrected chi connectivity index (χ0v) is 20.5. The van der Waals surface area contributed by atoms with Crippen LogP contribution in [0.15, 0.2) is 39.1 Å². The summed E-state index contributed by atoms with van der Waals surface area (Å²) in [7, 11) is 0. The Morgan fingerprint density at radius 2 is 2.19 bits per heavy atom. The third kappa shape index (κ3) is 4.72. The van der Waals surface area contributed by atoms with Gasteiger partial charge in [0.05, 0.1) is 28.6 Å². The van der Waals surface area contributed by atoms with E-state index in [1.165, 1.54) is 34.0 Å². The van der Waals surface area contributed by atoms with Gasteiger partial charge in [-0.05, 0) is 49.8 Å². The van der Waals surface area contributed by atoms with Crippen LogP contribution in [0.4, 0.5) is 5.69 Å². The summed E-state index contributed by atoms with van der Waals surface area (Å²) in [4.78, 5) is 33.6. The highest BCUT2D eigenvalue weighted by atomic mass is 32.2. The molecule has 1 unspecified atom stereocenters. The molecule has 0 saturated carbocycles. The molecule has 1 aromatic carbocycles. The van der Waals surface area contributed by atoms with Gasteiger partial charge in [-0.2, -0.15) is 5.26 Å². The smallest absolute Gasteiger partial charge is 0.263 e. The number of hydrogen-bond acceptors (Lipinski definition) is 7. The molecule has 1 amide bonds. The van der Waals surface area contributed by atoms with E-state index >= 15 is 0 Å². The number of carbonyl (C=O) groups excluding carboxylic acids is 1. The first kappa shape index (κ1) is 22.9. The van der Waals surface area contributed by atoms with Crippen LogP contribution in [0.25, 0.3) is 10.2 Å². The Bertz CT molecular complexity index is 1260. The second-order valence-corrected chi connectivity index (χ2v) is 10.8. The van der Waals surface area contributed by atoms with Crippen LogP contribution in [0.2, 0.25) is 0 Å². The topological polar surface area (TPSA) is 87.8 Å². The van der Waals surface area contributed by atoms with Crippen molar-refractivity contribution in [2.75, 3.05) is 16.8 Å². The zero-order valence-electron chi connectivity index (χ0n) is 18.0. The predicted molar refractivity (Wildman–Crippen MR) is 133 cm³/mol. The second kappa shape index (κ2) is 10.1. The first-order valence-corrected chi connectivity index (χ1v) is 13.4. The maximum Gasteiger partial charge on any atom is 0.263 e. The fourth-order valence-electron chi connectivity index (χ4n) is 3.92. The molecule has 1 N–H and O–H groups in total. The molecule has 0 saturated heterocycles. The summed E-state index contributed by atoms with van der Waals surface area (Å²) < 4.78 is 1.68. The number of nitrogens with one attached hydrogen (secondary N) is 1. The molecular formula is C23H24N4O2S3. The Labute approximate surface area is 199 Å². The number of aromatic nitrogens is 2. The molecule has 0 aliphatic heterocycles. The van der Waals surface area contributed by atoms with Gasteiger partial charge in [0.15, 0.2) is 5.16 Å². The van der Waals surface area contributed by atoms with Gasteiger partial charge >= 0.3 is 0 Å². The van der Waals surface area contributed by atoms with E-state index in [2.05, 4.69) is 18.3 Å². The molecule has 2 aromatic heterocycles. The molecule has 0 radical (unpaired) electrons. The number of nitrogens with zero attached hydrogens (tertiary/aromatic N) is 3. The van der Waals surface area contributed by atoms with Gasteiger partial charge in [-0.25, -0.2) is 4.98 Å². The summed E-state index contributed by atoms with van der Waals surface area (Å²) >= 11 is 4.30. The third-order valence-electron chi connectivity index (χ3n) is 5.48. The molecule has 6 nitrogen and oxygen atoms in total. The summed E-state index contributed by atoms with van der Waals surface area (Å²) in [5.41, 5.74) is 1.88. The van der Waals surface area contributed by atoms with Gasteiger partial charge in [-0.15, -0.1) is 23.1 Å². The Balaban J connectivity index is 1.54. The summed E-state index contributed by atoms with van der Waals surface area (Å²) in [5, 5.41) is 13.1. The van der Waals surface area contributed by atoms with Gasteiger partial charge in [-0.3, -0.25) is 14.2 Å². The number of benzene rings is 1. The Hall–Kier alpha value is -2.28. The van der Waals surface area contributed by atoms with Gasteiger partial charge in [0.2, 0.25) is 5.91 Å². The first-order chi connectivity index (χ1) is 15.5. The largest absolute Gasteiger partial charge is 0.324 e. The minimum Gasteiger partial charge on any atom is -0.324 e. The molecule has 1 aliphatic rings. The summed E-state index contributed by atoms with van der Waals surface area (Å²) in [6, 6.07) is 9.54. The number of hydrogen-bond donors (Lipinski definition) is 1. The van der Waals surface area contributed by atoms with Crippen LogP contribution in [0, 0.1) is 17.2 Å². The van der Waals surface area contributed by atoms with Crippen molar-refractivity contribution in [3.63, 3.8) is 0 Å². The van der Waals surface area contributed by atoms with Crippen LogP contribution in [0.3, 0.4) is 0 Å². The molecule has 1 atom stereocenters. The van der Waals surface area contributed by atoms with Crippen molar-refractivity contribution >= 4 is 56.7 Å². The van der Waals surface area contributed by atoms with Crippen molar-refractivity contribution in [1.29, 1.82) is 5.26 Å². The lowest BCUT2D eigenvalue weighted by Gasteiger charge is -2.17. The van der Waals surface area contributed by atoms with Crippen molar-refractivity contribution in [2.24, 2.45) is 5.92 Å². The van der Waals surface area contributed by atoms with Gasteiger partial charge < -0.3 is 5.32 Å². The highest BCUT2D eigenvalue weighted by Crippen LogP contribution is 2.36. The number of fused-ring (bicyclic) bond motifs is 3. The number of anilines is 1. The van der Waals surface area contributed by atoms with E-state index in [0.29, 0.717) is 29.1 Å². The maximum absolute atomic E-state index is 13.3. The maximum atomic E-state index is 13.3. The van der Waals surface area contributed by atoms with E-state index in [0.717, 1.165) is 34.4 Å². The lowest BCUT2D eigenvalue weighted by atomic mass is 9.89. The molecule has 4 rings (SSSR count). The fourth-order valence-corrected chi connectivity index (χ4v) is 6.87. The molecule has 3 aromatic rings. The molecule has 0 spiro atoms. The average Bonchev–Trinajstić information content (AvgIpc) is 3.14. The minimum absolute atomic E-state index is 0.00529. The Morgan fingerprint density at radius 3 is 2.97 bits per heavy atom. The number of carbonyl (C=O) groups is 1. The summed E-state index contributed by atoms with van der Waals surface area (Å²) in [6.45, 7) is 4.70. The van der Waals surface area contributed by atoms with E-state index in [1.54, 1.807) is 15.9 Å². The summed E-state index contributed by atoms with van der Waals surface area (Å²) in [5.74, 6) is 0.932. The number of rotatable bonds is 7. The average molecular weight is 485 g/mol. The number of nitriles is 1. The van der Waals surface area contributed by atoms with E-state index in [9.17, 15) is 9.59 Å². The third-order valence-corrected chi connectivity index (χ3v) is 8.55. The van der Waals surface area contributed by atoms with Crippen molar-refractivity contribution in [1.82, 2.24) is 9.55 Å². The molecule has 1 aliphatic carbocycles. The fraction of sp³-hybridized carbons (Fsp3) is 0.391. The first-order valence-electron chi connectivity index (χ1n) is 10.6. The van der Waals surface area contributed by atoms with Crippen LogP contribution in [0.1, 0.15) is 30.7 Å². The van der Waals surface area contributed by atoms with Crippen LogP contribution >= 0.6 is 34.9 Å². The predicted octanol–water partition coefficient (Wildman–Crippen LogP) is 4.95. The minimum atomic E-state index is -0.170. The van der Waals surface area contributed by atoms with E-state index < -0.39 is 0 Å². The van der Waals surface area contributed by atoms with E-state index in [-0.39, 0.29) is 17.2 Å². The molecule has 32 heavy (non-hydrogen) atoms. The van der Waals surface area contributed by atoms with Crippen LogP contribution in [-0.4, -0.2) is 27.0 Å². The molecule has 2 heterocycles. The highest BCUT2D eigenvalue weighted by molar-refractivity contribution is 8.00. The highest BCUT2D eigenvalue weighted by Gasteiger charge is 2.24. The van der Waals surface area contributed by atoms with Crippen LogP contribution in [0.5, 0.6) is 0 Å².